The minimum absolute atomic E-state index is 0.479. The maximum Gasteiger partial charge on any atom is -0.0303 e. The van der Waals surface area contributed by atoms with Gasteiger partial charge in [-0.15, -0.1) is 0 Å². The molecule has 0 aliphatic rings. The first-order valence-electron chi connectivity index (χ1n) is 6.34. The Labute approximate surface area is 91.5 Å². The summed E-state index contributed by atoms with van der Waals surface area (Å²) < 4.78 is 0. The molecule has 0 amide bonds. The summed E-state index contributed by atoms with van der Waals surface area (Å²) in [5.41, 5.74) is 0.479. The van der Waals surface area contributed by atoms with Crippen LogP contribution < -0.4 is 0 Å². The van der Waals surface area contributed by atoms with Crippen LogP contribution in [0, 0.1) is 23.2 Å². The lowest BCUT2D eigenvalue weighted by Crippen LogP contribution is -2.31. The maximum atomic E-state index is 2.43. The Kier molecular flexibility index (Phi) is 5.78. The highest BCUT2D eigenvalue weighted by Gasteiger charge is 2.32. The zero-order valence-corrected chi connectivity index (χ0v) is 11.4. The van der Waals surface area contributed by atoms with Crippen molar-refractivity contribution in [2.24, 2.45) is 23.2 Å². The molecule has 86 valence electrons. The van der Waals surface area contributed by atoms with Gasteiger partial charge in [0.05, 0.1) is 0 Å². The number of hydrogen-bond acceptors (Lipinski definition) is 0. The lowest BCUT2D eigenvalue weighted by atomic mass is 9.66. The molecule has 0 aromatic carbocycles. The maximum absolute atomic E-state index is 2.43. The smallest absolute Gasteiger partial charge is 0.0303 e. The van der Waals surface area contributed by atoms with Crippen LogP contribution in [0.3, 0.4) is 0 Å². The predicted octanol–water partition coefficient (Wildman–Crippen LogP) is 5.13. The van der Waals surface area contributed by atoms with Crippen molar-refractivity contribution in [1.82, 2.24) is 0 Å². The first-order valence-corrected chi connectivity index (χ1v) is 6.34. The lowest BCUT2D eigenvalue weighted by molar-refractivity contribution is 0.100. The highest BCUT2D eigenvalue weighted by molar-refractivity contribution is 4.81. The Bertz CT molecular complexity index is 144. The Morgan fingerprint density at radius 3 is 1.86 bits per heavy atom. The third-order valence-electron chi connectivity index (χ3n) is 4.53. The van der Waals surface area contributed by atoms with E-state index in [1.54, 1.807) is 0 Å². The molecule has 0 aromatic rings. The molecule has 0 bridgehead atoms. The Morgan fingerprint density at radius 1 is 1.00 bits per heavy atom. The quantitative estimate of drug-likeness (QED) is 0.555. The van der Waals surface area contributed by atoms with Crippen LogP contribution in [0.15, 0.2) is 0 Å². The summed E-state index contributed by atoms with van der Waals surface area (Å²) >= 11 is 0. The van der Waals surface area contributed by atoms with Gasteiger partial charge in [-0.25, -0.2) is 0 Å². The van der Waals surface area contributed by atoms with E-state index in [2.05, 4.69) is 48.5 Å². The van der Waals surface area contributed by atoms with Crippen LogP contribution in [-0.2, 0) is 0 Å². The molecule has 0 saturated carbocycles. The van der Waals surface area contributed by atoms with Crippen molar-refractivity contribution in [3.8, 4) is 0 Å². The molecule has 0 aliphatic heterocycles. The summed E-state index contributed by atoms with van der Waals surface area (Å²) in [6.45, 7) is 16.7. The van der Waals surface area contributed by atoms with E-state index in [0.717, 1.165) is 17.8 Å². The second-order valence-corrected chi connectivity index (χ2v) is 5.88. The topological polar surface area (TPSA) is 0 Å². The molecule has 2 unspecified atom stereocenters. The van der Waals surface area contributed by atoms with E-state index < -0.39 is 0 Å². The van der Waals surface area contributed by atoms with Crippen LogP contribution in [-0.4, -0.2) is 0 Å². The van der Waals surface area contributed by atoms with Crippen molar-refractivity contribution < 1.29 is 0 Å². The fraction of sp³-hybridized carbons (Fsp3) is 1.00. The third-order valence-corrected chi connectivity index (χ3v) is 4.53. The summed E-state index contributed by atoms with van der Waals surface area (Å²) in [6.07, 6.45) is 4.12. The molecule has 0 fully saturated rings. The van der Waals surface area contributed by atoms with Gasteiger partial charge < -0.3 is 0 Å². The third kappa shape index (κ3) is 3.63. The van der Waals surface area contributed by atoms with Gasteiger partial charge in [0.25, 0.3) is 0 Å². The zero-order valence-electron chi connectivity index (χ0n) is 11.4. The molecule has 14 heavy (non-hydrogen) atoms. The molecular weight excluding hydrogens is 168 g/mol. The Balaban J connectivity index is 4.22. The normalized spacial score (nSPS) is 17.1. The largest absolute Gasteiger partial charge is 0.0654 e. The van der Waals surface area contributed by atoms with Gasteiger partial charge in [-0.1, -0.05) is 67.7 Å². The molecule has 0 heterocycles. The van der Waals surface area contributed by atoms with E-state index in [1.807, 2.05) is 0 Å². The van der Waals surface area contributed by atoms with E-state index >= 15 is 0 Å². The van der Waals surface area contributed by atoms with E-state index in [0.29, 0.717) is 5.41 Å². The van der Waals surface area contributed by atoms with Crippen molar-refractivity contribution >= 4 is 0 Å². The van der Waals surface area contributed by atoms with E-state index in [-0.39, 0.29) is 0 Å². The Hall–Kier alpha value is 0. The van der Waals surface area contributed by atoms with Crippen molar-refractivity contribution in [3.05, 3.63) is 0 Å². The van der Waals surface area contributed by atoms with Crippen LogP contribution in [0.4, 0.5) is 0 Å². The fourth-order valence-corrected chi connectivity index (χ4v) is 2.04. The van der Waals surface area contributed by atoms with E-state index in [4.69, 9.17) is 0 Å². The SMILES string of the molecule is CCCCC(C)C(C)C(C)(C)C(C)C. The zero-order chi connectivity index (χ0) is 11.4. The molecule has 0 aliphatic carbocycles. The van der Waals surface area contributed by atoms with Gasteiger partial charge in [-0.2, -0.15) is 0 Å². The van der Waals surface area contributed by atoms with Crippen LogP contribution in [0.25, 0.3) is 0 Å². The van der Waals surface area contributed by atoms with Gasteiger partial charge >= 0.3 is 0 Å². The minimum Gasteiger partial charge on any atom is -0.0654 e. The van der Waals surface area contributed by atoms with Crippen molar-refractivity contribution in [2.75, 3.05) is 0 Å². The van der Waals surface area contributed by atoms with Gasteiger partial charge in [-0.3, -0.25) is 0 Å². The number of hydrogen-bond donors (Lipinski definition) is 0. The lowest BCUT2D eigenvalue weighted by Gasteiger charge is -2.39. The standard InChI is InChI=1S/C14H30/c1-8-9-10-12(4)13(5)14(6,7)11(2)3/h11-13H,8-10H2,1-7H3. The number of unbranched alkanes of at least 4 members (excludes halogenated alkanes) is 1. The summed E-state index contributed by atoms with van der Waals surface area (Å²) in [4.78, 5) is 0. The molecule has 0 spiro atoms. The van der Waals surface area contributed by atoms with Crippen molar-refractivity contribution in [2.45, 2.75) is 67.7 Å². The van der Waals surface area contributed by atoms with Crippen LogP contribution >= 0.6 is 0 Å². The molecule has 0 heteroatoms. The Morgan fingerprint density at radius 2 is 1.50 bits per heavy atom. The summed E-state index contributed by atoms with van der Waals surface area (Å²) in [6, 6.07) is 0. The van der Waals surface area contributed by atoms with E-state index in [1.165, 1.54) is 19.3 Å². The van der Waals surface area contributed by atoms with Gasteiger partial charge in [0, 0.05) is 0 Å². The molecule has 0 radical (unpaired) electrons. The van der Waals surface area contributed by atoms with Crippen LogP contribution in [0.2, 0.25) is 0 Å². The highest BCUT2D eigenvalue weighted by atomic mass is 14.4. The molecule has 0 saturated heterocycles. The average Bonchev–Trinajstić information content (AvgIpc) is 2.12. The van der Waals surface area contributed by atoms with E-state index in [9.17, 15) is 0 Å². The average molecular weight is 198 g/mol. The van der Waals surface area contributed by atoms with Gasteiger partial charge in [0.2, 0.25) is 0 Å². The first-order chi connectivity index (χ1) is 6.34. The van der Waals surface area contributed by atoms with Gasteiger partial charge in [-0.05, 0) is 23.2 Å². The fourth-order valence-electron chi connectivity index (χ4n) is 2.04. The molecule has 0 aromatic heterocycles. The summed E-state index contributed by atoms with van der Waals surface area (Å²) in [5, 5.41) is 0. The molecular formula is C14H30. The monoisotopic (exact) mass is 198 g/mol. The first kappa shape index (κ1) is 14.0. The highest BCUT2D eigenvalue weighted by Crippen LogP contribution is 2.40. The van der Waals surface area contributed by atoms with Crippen molar-refractivity contribution in [1.29, 1.82) is 0 Å². The second kappa shape index (κ2) is 5.78. The number of rotatable bonds is 6. The predicted molar refractivity (Wildman–Crippen MR) is 66.5 cm³/mol. The van der Waals surface area contributed by atoms with Gasteiger partial charge in [0.1, 0.15) is 0 Å². The summed E-state index contributed by atoms with van der Waals surface area (Å²) in [7, 11) is 0. The second-order valence-electron chi connectivity index (χ2n) is 5.88. The van der Waals surface area contributed by atoms with Crippen LogP contribution in [0.5, 0.6) is 0 Å². The molecule has 0 N–H and O–H groups in total. The van der Waals surface area contributed by atoms with Crippen molar-refractivity contribution in [3.63, 3.8) is 0 Å². The molecule has 2 atom stereocenters. The van der Waals surface area contributed by atoms with Crippen LogP contribution in [0.1, 0.15) is 67.7 Å². The molecule has 0 nitrogen and oxygen atoms in total. The summed E-state index contributed by atoms with van der Waals surface area (Å²) in [5.74, 6) is 2.47. The minimum atomic E-state index is 0.479. The molecule has 0 rings (SSSR count). The van der Waals surface area contributed by atoms with Gasteiger partial charge in [0.15, 0.2) is 0 Å².